The van der Waals surface area contributed by atoms with Crippen LogP contribution in [0.1, 0.15) is 23.3 Å². The van der Waals surface area contributed by atoms with Gasteiger partial charge in [0.2, 0.25) is 0 Å². The van der Waals surface area contributed by atoms with Crippen LogP contribution in [0.3, 0.4) is 0 Å². The maximum absolute atomic E-state index is 10.0. The molecule has 1 saturated heterocycles. The normalized spacial score (nSPS) is 16.6. The van der Waals surface area contributed by atoms with Crippen LogP contribution in [0.25, 0.3) is 0 Å². The van der Waals surface area contributed by atoms with Gasteiger partial charge in [-0.2, -0.15) is 0 Å². The maximum Gasteiger partial charge on any atom is 0.172 e. The fraction of sp³-hybridized carbons (Fsp3) is 0.353. The van der Waals surface area contributed by atoms with Crippen LogP contribution in [0.2, 0.25) is 5.02 Å². The highest BCUT2D eigenvalue weighted by Crippen LogP contribution is 2.30. The van der Waals surface area contributed by atoms with Gasteiger partial charge in [0, 0.05) is 43.6 Å². The smallest absolute Gasteiger partial charge is 0.172 e. The first kappa shape index (κ1) is 19.0. The van der Waals surface area contributed by atoms with Gasteiger partial charge in [-0.1, -0.05) is 11.6 Å². The number of carbonyl (C=O) groups excluding carboxylic acids is 1. The number of hydrogen-bond donors (Lipinski definition) is 3. The molecule has 8 heteroatoms. The van der Waals surface area contributed by atoms with Gasteiger partial charge < -0.3 is 21.7 Å². The van der Waals surface area contributed by atoms with Crippen LogP contribution in [0.4, 0.5) is 17.2 Å². The van der Waals surface area contributed by atoms with Crippen molar-refractivity contribution in [1.82, 2.24) is 9.97 Å². The Morgan fingerprint density at radius 1 is 1.36 bits per heavy atom. The summed E-state index contributed by atoms with van der Waals surface area (Å²) < 4.78 is 0. The number of hydrogen-bond acceptors (Lipinski definition) is 7. The van der Waals surface area contributed by atoms with Crippen molar-refractivity contribution < 1.29 is 4.79 Å². The molecule has 1 unspecified atom stereocenters. The summed E-state index contributed by atoms with van der Waals surface area (Å²) in [5, 5.41) is 3.94. The van der Waals surface area contributed by atoms with Gasteiger partial charge in [0.05, 0.1) is 11.4 Å². The summed E-state index contributed by atoms with van der Waals surface area (Å²) in [6.07, 6.45) is 5.71. The van der Waals surface area contributed by atoms with E-state index in [9.17, 15) is 4.79 Å². The van der Waals surface area contributed by atoms with Gasteiger partial charge >= 0.3 is 0 Å². The molecule has 7 nitrogen and oxygen atoms in total. The van der Waals surface area contributed by atoms with Gasteiger partial charge in [0.1, 0.15) is 5.69 Å². The number of benzene rings is 1. The third kappa shape index (κ3) is 5.30. The Kier molecular flexibility index (Phi) is 6.97. The number of carbonyl (C=O) groups is 1. The monoisotopic (exact) mass is 362 g/mol. The standard InChI is InChI=1S/C12H18ClN3.C5H5N3O/c1-15-11-7-9(13)4-5-12(11)16-6-2-3-10(14)8-16;6-5-4(3-9)7-1-2-8-5/h4-5,7,10,15H,2-3,6,8,14H2,1H3;1-3H,(H2,6,8). The van der Waals surface area contributed by atoms with Crippen molar-refractivity contribution in [2.24, 2.45) is 5.73 Å². The maximum atomic E-state index is 10.0. The molecule has 5 N–H and O–H groups in total. The number of nitrogens with zero attached hydrogens (tertiary/aromatic N) is 3. The lowest BCUT2D eigenvalue weighted by atomic mass is 10.1. The minimum absolute atomic E-state index is 0.174. The number of rotatable bonds is 3. The number of halogens is 1. The third-order valence-corrected chi connectivity index (χ3v) is 4.13. The number of nitrogens with two attached hydrogens (primary N) is 2. The van der Waals surface area contributed by atoms with Crippen LogP contribution in [0.5, 0.6) is 0 Å². The Hall–Kier alpha value is -2.38. The molecule has 0 amide bonds. The van der Waals surface area contributed by atoms with Crippen LogP contribution < -0.4 is 21.7 Å². The van der Waals surface area contributed by atoms with Crippen LogP contribution in [0, 0.1) is 0 Å². The number of nitrogens with one attached hydrogen (secondary N) is 1. The SMILES string of the molecule is CNc1cc(Cl)ccc1N1CCCC(N)C1.Nc1nccnc1C=O. The van der Waals surface area contributed by atoms with E-state index in [1.54, 1.807) is 0 Å². The van der Waals surface area contributed by atoms with E-state index in [0.29, 0.717) is 6.29 Å². The molecule has 1 atom stereocenters. The summed E-state index contributed by atoms with van der Waals surface area (Å²) in [6, 6.07) is 6.23. The van der Waals surface area contributed by atoms with Crippen LogP contribution >= 0.6 is 11.6 Å². The lowest BCUT2D eigenvalue weighted by molar-refractivity contribution is 0.111. The van der Waals surface area contributed by atoms with Crippen molar-refractivity contribution in [1.29, 1.82) is 0 Å². The Morgan fingerprint density at radius 2 is 2.12 bits per heavy atom. The molecule has 0 radical (unpaired) electrons. The molecule has 0 aliphatic carbocycles. The summed E-state index contributed by atoms with van der Waals surface area (Å²) in [6.45, 7) is 2.00. The quantitative estimate of drug-likeness (QED) is 0.717. The van der Waals surface area contributed by atoms with E-state index in [0.717, 1.165) is 36.6 Å². The van der Waals surface area contributed by atoms with Crippen molar-refractivity contribution in [3.63, 3.8) is 0 Å². The Labute approximate surface area is 152 Å². The molecule has 1 fully saturated rings. The predicted octanol–water partition coefficient (Wildman–Crippen LogP) is 2.18. The molecule has 2 heterocycles. The lowest BCUT2D eigenvalue weighted by Crippen LogP contribution is -2.43. The molecule has 25 heavy (non-hydrogen) atoms. The molecule has 1 aliphatic rings. The van der Waals surface area contributed by atoms with Gasteiger partial charge in [0.15, 0.2) is 12.1 Å². The summed E-state index contributed by atoms with van der Waals surface area (Å²) >= 11 is 5.98. The lowest BCUT2D eigenvalue weighted by Gasteiger charge is -2.33. The molecule has 134 valence electrons. The van der Waals surface area contributed by atoms with Crippen LogP contribution in [0.15, 0.2) is 30.6 Å². The minimum atomic E-state index is 0.174. The number of aldehydes is 1. The molecular formula is C17H23ClN6O. The Balaban J connectivity index is 0.000000212. The molecule has 1 aromatic heterocycles. The van der Waals surface area contributed by atoms with Gasteiger partial charge in [-0.15, -0.1) is 0 Å². The molecule has 1 aliphatic heterocycles. The van der Waals surface area contributed by atoms with Crippen LogP contribution in [-0.2, 0) is 0 Å². The van der Waals surface area contributed by atoms with Crippen molar-refractivity contribution in [2.75, 3.05) is 36.1 Å². The summed E-state index contributed by atoms with van der Waals surface area (Å²) in [5.41, 5.74) is 13.7. The van der Waals surface area contributed by atoms with Crippen LogP contribution in [-0.4, -0.2) is 42.4 Å². The van der Waals surface area contributed by atoms with E-state index in [4.69, 9.17) is 23.1 Å². The van der Waals surface area contributed by atoms with E-state index < -0.39 is 0 Å². The molecule has 0 bridgehead atoms. The second kappa shape index (κ2) is 9.19. The molecule has 0 saturated carbocycles. The largest absolute Gasteiger partial charge is 0.386 e. The first-order valence-electron chi connectivity index (χ1n) is 8.04. The van der Waals surface area contributed by atoms with Gasteiger partial charge in [-0.3, -0.25) is 4.79 Å². The van der Waals surface area contributed by atoms with Gasteiger partial charge in [-0.05, 0) is 31.0 Å². The number of aromatic nitrogens is 2. The average Bonchev–Trinajstić information content (AvgIpc) is 2.62. The highest BCUT2D eigenvalue weighted by atomic mass is 35.5. The fourth-order valence-electron chi connectivity index (χ4n) is 2.66. The van der Waals surface area contributed by atoms with E-state index in [1.165, 1.54) is 18.1 Å². The molecule has 2 aromatic rings. The Morgan fingerprint density at radius 3 is 2.72 bits per heavy atom. The fourth-order valence-corrected chi connectivity index (χ4v) is 2.84. The Bertz CT molecular complexity index is 711. The first-order chi connectivity index (χ1) is 12.0. The van der Waals surface area contributed by atoms with Crippen molar-refractivity contribution >= 4 is 35.1 Å². The van der Waals surface area contributed by atoms with Crippen molar-refractivity contribution in [3.05, 3.63) is 41.3 Å². The van der Waals surface area contributed by atoms with E-state index in [1.807, 2.05) is 19.2 Å². The second-order valence-electron chi connectivity index (χ2n) is 5.70. The molecule has 0 spiro atoms. The number of piperidine rings is 1. The van der Waals surface area contributed by atoms with Gasteiger partial charge in [0.25, 0.3) is 0 Å². The predicted molar refractivity (Wildman–Crippen MR) is 102 cm³/mol. The minimum Gasteiger partial charge on any atom is -0.386 e. The highest BCUT2D eigenvalue weighted by Gasteiger charge is 2.18. The summed E-state index contributed by atoms with van der Waals surface area (Å²) in [4.78, 5) is 19.6. The van der Waals surface area contributed by atoms with Crippen molar-refractivity contribution in [2.45, 2.75) is 18.9 Å². The highest BCUT2D eigenvalue weighted by molar-refractivity contribution is 6.31. The summed E-state index contributed by atoms with van der Waals surface area (Å²) in [5.74, 6) is 0.174. The van der Waals surface area contributed by atoms with E-state index in [2.05, 4.69) is 26.3 Å². The zero-order valence-electron chi connectivity index (χ0n) is 14.2. The molecular weight excluding hydrogens is 340 g/mol. The average molecular weight is 363 g/mol. The van der Waals surface area contributed by atoms with Crippen molar-refractivity contribution in [3.8, 4) is 0 Å². The van der Waals surface area contributed by atoms with E-state index in [-0.39, 0.29) is 17.6 Å². The zero-order chi connectivity index (χ0) is 18.2. The number of anilines is 3. The zero-order valence-corrected chi connectivity index (χ0v) is 14.9. The first-order valence-corrected chi connectivity index (χ1v) is 8.42. The topological polar surface area (TPSA) is 110 Å². The summed E-state index contributed by atoms with van der Waals surface area (Å²) in [7, 11) is 1.92. The molecule has 3 rings (SSSR count). The second-order valence-corrected chi connectivity index (χ2v) is 6.14. The van der Waals surface area contributed by atoms with Gasteiger partial charge in [-0.25, -0.2) is 9.97 Å². The molecule has 1 aromatic carbocycles. The third-order valence-electron chi connectivity index (χ3n) is 3.89. The van der Waals surface area contributed by atoms with E-state index >= 15 is 0 Å². The number of nitrogen functional groups attached to an aromatic ring is 1.